The molecule has 3 N–H and O–H groups in total. The third kappa shape index (κ3) is 5.15. The van der Waals surface area contributed by atoms with Crippen LogP contribution in [0.1, 0.15) is 42.5 Å². The molecular formula is C15H21N3O3. The third-order valence-electron chi connectivity index (χ3n) is 3.62. The van der Waals surface area contributed by atoms with Crippen LogP contribution in [-0.4, -0.2) is 40.6 Å². The summed E-state index contributed by atoms with van der Waals surface area (Å²) in [6.07, 6.45) is 6.23. The molecule has 6 nitrogen and oxygen atoms in total. The molecular weight excluding hydrogens is 270 g/mol. The van der Waals surface area contributed by atoms with Gasteiger partial charge in [-0.15, -0.1) is 0 Å². The minimum absolute atomic E-state index is 0.0668. The zero-order valence-electron chi connectivity index (χ0n) is 11.9. The van der Waals surface area contributed by atoms with E-state index in [1.165, 1.54) is 6.20 Å². The van der Waals surface area contributed by atoms with Crippen molar-refractivity contribution in [3.05, 3.63) is 30.1 Å². The van der Waals surface area contributed by atoms with Crippen molar-refractivity contribution in [2.75, 3.05) is 6.54 Å². The van der Waals surface area contributed by atoms with Crippen LogP contribution in [-0.2, 0) is 4.79 Å². The molecule has 1 aromatic heterocycles. The summed E-state index contributed by atoms with van der Waals surface area (Å²) >= 11 is 0. The monoisotopic (exact) mass is 291 g/mol. The number of hydrogen-bond acceptors (Lipinski definition) is 4. The largest absolute Gasteiger partial charge is 0.393 e. The minimum Gasteiger partial charge on any atom is -0.393 e. The van der Waals surface area contributed by atoms with Crippen LogP contribution in [0.3, 0.4) is 0 Å². The number of rotatable bonds is 5. The molecule has 0 bridgehead atoms. The predicted molar refractivity (Wildman–Crippen MR) is 77.6 cm³/mol. The molecule has 1 saturated carbocycles. The van der Waals surface area contributed by atoms with Crippen LogP contribution < -0.4 is 10.6 Å². The highest BCUT2D eigenvalue weighted by molar-refractivity contribution is 5.94. The Morgan fingerprint density at radius 3 is 2.71 bits per heavy atom. The molecule has 0 radical (unpaired) electrons. The van der Waals surface area contributed by atoms with E-state index < -0.39 is 0 Å². The molecule has 6 heteroatoms. The maximum atomic E-state index is 11.8. The summed E-state index contributed by atoms with van der Waals surface area (Å²) in [7, 11) is 0. The molecule has 2 rings (SSSR count). The normalized spacial score (nSPS) is 21.6. The van der Waals surface area contributed by atoms with Crippen LogP contribution in [0.15, 0.2) is 24.5 Å². The number of hydrogen-bond donors (Lipinski definition) is 3. The second kappa shape index (κ2) is 7.73. The van der Waals surface area contributed by atoms with Gasteiger partial charge in [-0.3, -0.25) is 14.6 Å². The standard InChI is InChI=1S/C15H21N3O3/c19-13-5-3-12(4-6-13)18-14(20)7-9-17-15(21)11-2-1-8-16-10-11/h1-2,8,10,12-13,19H,3-7,9H2,(H,17,21)(H,18,20). The van der Waals surface area contributed by atoms with Gasteiger partial charge in [0.15, 0.2) is 0 Å². The zero-order chi connectivity index (χ0) is 15.1. The van der Waals surface area contributed by atoms with Gasteiger partial charge in [0.1, 0.15) is 0 Å². The minimum atomic E-state index is -0.225. The fourth-order valence-electron chi connectivity index (χ4n) is 2.41. The number of nitrogens with zero attached hydrogens (tertiary/aromatic N) is 1. The molecule has 1 aromatic rings. The average Bonchev–Trinajstić information content (AvgIpc) is 2.50. The van der Waals surface area contributed by atoms with Gasteiger partial charge in [0.25, 0.3) is 5.91 Å². The lowest BCUT2D eigenvalue weighted by molar-refractivity contribution is -0.122. The van der Waals surface area contributed by atoms with Gasteiger partial charge in [-0.05, 0) is 37.8 Å². The molecule has 1 heterocycles. The summed E-state index contributed by atoms with van der Waals surface area (Å²) in [5.41, 5.74) is 0.485. The van der Waals surface area contributed by atoms with E-state index in [2.05, 4.69) is 15.6 Å². The van der Waals surface area contributed by atoms with Crippen molar-refractivity contribution in [3.63, 3.8) is 0 Å². The van der Waals surface area contributed by atoms with Crippen molar-refractivity contribution in [2.24, 2.45) is 0 Å². The van der Waals surface area contributed by atoms with E-state index in [1.54, 1.807) is 18.3 Å². The number of aromatic nitrogens is 1. The number of aliphatic hydroxyl groups excluding tert-OH is 1. The highest BCUT2D eigenvalue weighted by Gasteiger charge is 2.20. The second-order valence-electron chi connectivity index (χ2n) is 5.32. The first-order chi connectivity index (χ1) is 10.1. The number of carbonyl (C=O) groups is 2. The number of carbonyl (C=O) groups excluding carboxylic acids is 2. The molecule has 1 aliphatic carbocycles. The Hall–Kier alpha value is -1.95. The Kier molecular flexibility index (Phi) is 5.68. The summed E-state index contributed by atoms with van der Waals surface area (Å²) in [5.74, 6) is -0.292. The van der Waals surface area contributed by atoms with E-state index in [0.717, 1.165) is 25.7 Å². The van der Waals surface area contributed by atoms with Crippen LogP contribution >= 0.6 is 0 Å². The van der Waals surface area contributed by atoms with Crippen molar-refractivity contribution < 1.29 is 14.7 Å². The van der Waals surface area contributed by atoms with E-state index in [0.29, 0.717) is 12.1 Å². The van der Waals surface area contributed by atoms with E-state index in [1.807, 2.05) is 0 Å². The molecule has 1 fully saturated rings. The number of nitrogens with one attached hydrogen (secondary N) is 2. The number of aliphatic hydroxyl groups is 1. The predicted octanol–water partition coefficient (Wildman–Crippen LogP) is 0.621. The highest BCUT2D eigenvalue weighted by Crippen LogP contribution is 2.18. The van der Waals surface area contributed by atoms with Crippen molar-refractivity contribution in [1.29, 1.82) is 0 Å². The van der Waals surface area contributed by atoms with Gasteiger partial charge in [-0.25, -0.2) is 0 Å². The lowest BCUT2D eigenvalue weighted by Crippen LogP contribution is -2.40. The lowest BCUT2D eigenvalue weighted by Gasteiger charge is -2.26. The summed E-state index contributed by atoms with van der Waals surface area (Å²) in [4.78, 5) is 27.4. The van der Waals surface area contributed by atoms with Crippen molar-refractivity contribution in [2.45, 2.75) is 44.2 Å². The fraction of sp³-hybridized carbons (Fsp3) is 0.533. The quantitative estimate of drug-likeness (QED) is 0.741. The van der Waals surface area contributed by atoms with Gasteiger partial charge in [0.2, 0.25) is 5.91 Å². The Balaban J connectivity index is 1.64. The first kappa shape index (κ1) is 15.4. The van der Waals surface area contributed by atoms with E-state index in [-0.39, 0.29) is 30.4 Å². The Labute approximate surface area is 124 Å². The van der Waals surface area contributed by atoms with Crippen LogP contribution in [0, 0.1) is 0 Å². The van der Waals surface area contributed by atoms with Crippen LogP contribution in [0.2, 0.25) is 0 Å². The van der Waals surface area contributed by atoms with Crippen molar-refractivity contribution in [3.8, 4) is 0 Å². The van der Waals surface area contributed by atoms with Crippen LogP contribution in [0.25, 0.3) is 0 Å². The summed E-state index contributed by atoms with van der Waals surface area (Å²) < 4.78 is 0. The molecule has 0 aromatic carbocycles. The van der Waals surface area contributed by atoms with Gasteiger partial charge in [0.05, 0.1) is 11.7 Å². The van der Waals surface area contributed by atoms with E-state index >= 15 is 0 Å². The molecule has 114 valence electrons. The molecule has 0 aliphatic heterocycles. The second-order valence-corrected chi connectivity index (χ2v) is 5.32. The van der Waals surface area contributed by atoms with Gasteiger partial charge in [0, 0.05) is 31.4 Å². The molecule has 1 aliphatic rings. The van der Waals surface area contributed by atoms with Gasteiger partial charge >= 0.3 is 0 Å². The highest BCUT2D eigenvalue weighted by atomic mass is 16.3. The third-order valence-corrected chi connectivity index (χ3v) is 3.62. The lowest BCUT2D eigenvalue weighted by atomic mass is 9.93. The summed E-state index contributed by atoms with van der Waals surface area (Å²) in [6.45, 7) is 0.301. The molecule has 0 unspecified atom stereocenters. The molecule has 0 atom stereocenters. The van der Waals surface area contributed by atoms with Crippen LogP contribution in [0.5, 0.6) is 0 Å². The van der Waals surface area contributed by atoms with E-state index in [9.17, 15) is 14.7 Å². The van der Waals surface area contributed by atoms with Gasteiger partial charge in [-0.2, -0.15) is 0 Å². The van der Waals surface area contributed by atoms with Gasteiger partial charge < -0.3 is 15.7 Å². The topological polar surface area (TPSA) is 91.3 Å². The number of amides is 2. The van der Waals surface area contributed by atoms with Crippen molar-refractivity contribution in [1.82, 2.24) is 15.6 Å². The summed E-state index contributed by atoms with van der Waals surface area (Å²) in [5, 5.41) is 15.0. The Morgan fingerprint density at radius 2 is 2.05 bits per heavy atom. The number of pyridine rings is 1. The zero-order valence-corrected chi connectivity index (χ0v) is 11.9. The first-order valence-corrected chi connectivity index (χ1v) is 7.31. The molecule has 2 amide bonds. The Bertz CT molecular complexity index is 470. The van der Waals surface area contributed by atoms with Gasteiger partial charge in [-0.1, -0.05) is 0 Å². The van der Waals surface area contributed by atoms with Crippen LogP contribution in [0.4, 0.5) is 0 Å². The molecule has 0 saturated heterocycles. The Morgan fingerprint density at radius 1 is 1.29 bits per heavy atom. The maximum absolute atomic E-state index is 11.8. The van der Waals surface area contributed by atoms with E-state index in [4.69, 9.17) is 0 Å². The molecule has 21 heavy (non-hydrogen) atoms. The SMILES string of the molecule is O=C(CCNC(=O)c1cccnc1)NC1CCC(O)CC1. The summed E-state index contributed by atoms with van der Waals surface area (Å²) in [6, 6.07) is 3.52. The van der Waals surface area contributed by atoms with Crippen molar-refractivity contribution >= 4 is 11.8 Å². The first-order valence-electron chi connectivity index (χ1n) is 7.31. The fourth-order valence-corrected chi connectivity index (χ4v) is 2.41. The smallest absolute Gasteiger partial charge is 0.252 e. The average molecular weight is 291 g/mol. The molecule has 0 spiro atoms. The maximum Gasteiger partial charge on any atom is 0.252 e.